The van der Waals surface area contributed by atoms with Crippen LogP contribution in [0.4, 0.5) is 0 Å². The Morgan fingerprint density at radius 1 is 1.32 bits per heavy atom. The molecule has 1 atom stereocenters. The van der Waals surface area contributed by atoms with Crippen LogP contribution >= 0.6 is 0 Å². The molecule has 1 aromatic carbocycles. The lowest BCUT2D eigenvalue weighted by molar-refractivity contribution is -0.119. The van der Waals surface area contributed by atoms with Gasteiger partial charge in [-0.1, -0.05) is 24.3 Å². The molecule has 3 heteroatoms. The lowest BCUT2D eigenvalue weighted by atomic mass is 9.90. The van der Waals surface area contributed by atoms with Crippen molar-refractivity contribution >= 4 is 5.78 Å². The van der Waals surface area contributed by atoms with Crippen LogP contribution in [-0.2, 0) is 11.2 Å². The number of carbonyl (C=O) groups is 1. The fourth-order valence-corrected chi connectivity index (χ4v) is 2.07. The Morgan fingerprint density at radius 2 is 2.11 bits per heavy atom. The lowest BCUT2D eigenvalue weighted by Gasteiger charge is -2.10. The average molecular weight is 253 g/mol. The molecule has 0 saturated carbocycles. The van der Waals surface area contributed by atoms with E-state index < -0.39 is 5.92 Å². The predicted molar refractivity (Wildman–Crippen MR) is 71.6 cm³/mol. The van der Waals surface area contributed by atoms with Gasteiger partial charge in [0.25, 0.3) is 0 Å². The molecule has 0 aliphatic heterocycles. The first kappa shape index (κ1) is 13.1. The van der Waals surface area contributed by atoms with Crippen molar-refractivity contribution in [1.82, 2.24) is 0 Å². The highest BCUT2D eigenvalue weighted by Gasteiger charge is 2.21. The minimum atomic E-state index is -0.684. The van der Waals surface area contributed by atoms with Crippen molar-refractivity contribution in [1.29, 1.82) is 5.26 Å². The van der Waals surface area contributed by atoms with Gasteiger partial charge in [0.15, 0.2) is 5.78 Å². The molecule has 3 nitrogen and oxygen atoms in total. The largest absolute Gasteiger partial charge is 0.469 e. The summed E-state index contributed by atoms with van der Waals surface area (Å²) in [5, 5.41) is 9.24. The average Bonchev–Trinajstić information content (AvgIpc) is 2.92. The normalized spacial score (nSPS) is 11.8. The molecule has 2 rings (SSSR count). The van der Waals surface area contributed by atoms with E-state index >= 15 is 0 Å². The number of hydrogen-bond acceptors (Lipinski definition) is 3. The Morgan fingerprint density at radius 3 is 2.74 bits per heavy atom. The summed E-state index contributed by atoms with van der Waals surface area (Å²) in [6.07, 6.45) is 2.44. The molecule has 1 unspecified atom stereocenters. The van der Waals surface area contributed by atoms with Crippen molar-refractivity contribution in [2.75, 3.05) is 0 Å². The van der Waals surface area contributed by atoms with Crippen LogP contribution in [0.5, 0.6) is 0 Å². The number of ketones is 1. The van der Waals surface area contributed by atoms with Gasteiger partial charge in [-0.05, 0) is 30.2 Å². The summed E-state index contributed by atoms with van der Waals surface area (Å²) in [5.74, 6) is 0.0270. The van der Waals surface area contributed by atoms with E-state index in [1.54, 1.807) is 12.3 Å². The molecule has 0 spiro atoms. The topological polar surface area (TPSA) is 54.0 Å². The molecular weight excluding hydrogens is 238 g/mol. The van der Waals surface area contributed by atoms with E-state index in [1.165, 1.54) is 0 Å². The zero-order chi connectivity index (χ0) is 13.7. The van der Waals surface area contributed by atoms with Gasteiger partial charge in [0.05, 0.1) is 12.3 Å². The van der Waals surface area contributed by atoms with E-state index in [9.17, 15) is 10.1 Å². The van der Waals surface area contributed by atoms with E-state index in [2.05, 4.69) is 6.07 Å². The lowest BCUT2D eigenvalue weighted by Crippen LogP contribution is -2.12. The first-order chi connectivity index (χ1) is 9.22. The first-order valence-corrected chi connectivity index (χ1v) is 6.22. The molecule has 0 saturated heterocycles. The Bertz CT molecular complexity index is 593. The van der Waals surface area contributed by atoms with Crippen molar-refractivity contribution in [2.24, 2.45) is 0 Å². The molecule has 0 bridgehead atoms. The maximum absolute atomic E-state index is 12.2. The number of nitriles is 1. The summed E-state index contributed by atoms with van der Waals surface area (Å²) in [5.41, 5.74) is 1.77. The molecule has 1 heterocycles. The monoisotopic (exact) mass is 253 g/mol. The molecule has 0 aliphatic carbocycles. The predicted octanol–water partition coefficient (Wildman–Crippen LogP) is 3.40. The summed E-state index contributed by atoms with van der Waals surface area (Å²) in [6.45, 7) is 1.92. The third-order valence-electron chi connectivity index (χ3n) is 3.15. The molecule has 96 valence electrons. The zero-order valence-corrected chi connectivity index (χ0v) is 10.8. The van der Waals surface area contributed by atoms with Gasteiger partial charge in [-0.3, -0.25) is 4.79 Å². The van der Waals surface area contributed by atoms with Gasteiger partial charge >= 0.3 is 0 Å². The van der Waals surface area contributed by atoms with E-state index in [1.807, 2.05) is 37.3 Å². The SMILES string of the molecule is Cc1ccccc1C(C#N)C(=O)CCc1ccco1. The molecule has 0 amide bonds. The summed E-state index contributed by atoms with van der Waals surface area (Å²) in [7, 11) is 0. The third-order valence-corrected chi connectivity index (χ3v) is 3.15. The van der Waals surface area contributed by atoms with Crippen molar-refractivity contribution in [2.45, 2.75) is 25.7 Å². The maximum atomic E-state index is 12.2. The van der Waals surface area contributed by atoms with Crippen LogP contribution in [0, 0.1) is 18.3 Å². The Labute approximate surface area is 112 Å². The van der Waals surface area contributed by atoms with E-state index in [-0.39, 0.29) is 5.78 Å². The van der Waals surface area contributed by atoms with Gasteiger partial charge in [0.1, 0.15) is 11.7 Å². The fraction of sp³-hybridized carbons (Fsp3) is 0.250. The molecule has 19 heavy (non-hydrogen) atoms. The van der Waals surface area contributed by atoms with Crippen molar-refractivity contribution in [3.63, 3.8) is 0 Å². The number of aryl methyl sites for hydroxylation is 2. The van der Waals surface area contributed by atoms with Crippen molar-refractivity contribution in [3.8, 4) is 6.07 Å². The first-order valence-electron chi connectivity index (χ1n) is 6.22. The van der Waals surface area contributed by atoms with Gasteiger partial charge < -0.3 is 4.42 Å². The second-order valence-corrected chi connectivity index (χ2v) is 4.46. The number of nitrogens with zero attached hydrogens (tertiary/aromatic N) is 1. The summed E-state index contributed by atoms with van der Waals surface area (Å²) < 4.78 is 5.19. The van der Waals surface area contributed by atoms with Crippen molar-refractivity contribution in [3.05, 3.63) is 59.5 Å². The minimum absolute atomic E-state index is 0.0619. The standard InChI is InChI=1S/C16H15NO2/c1-12-5-2-3-7-14(12)15(11-17)16(18)9-8-13-6-4-10-19-13/h2-7,10,15H,8-9H2,1H3. The second kappa shape index (κ2) is 6.01. The van der Waals surface area contributed by atoms with Crippen molar-refractivity contribution < 1.29 is 9.21 Å². The number of benzene rings is 1. The highest BCUT2D eigenvalue weighted by atomic mass is 16.3. The smallest absolute Gasteiger partial charge is 0.154 e. The maximum Gasteiger partial charge on any atom is 0.154 e. The summed E-state index contributed by atoms with van der Waals surface area (Å²) >= 11 is 0. The quantitative estimate of drug-likeness (QED) is 0.820. The van der Waals surface area contributed by atoms with Crippen LogP contribution in [0.3, 0.4) is 0 Å². The Hall–Kier alpha value is -2.34. The van der Waals surface area contributed by atoms with Gasteiger partial charge in [-0.25, -0.2) is 0 Å². The van der Waals surface area contributed by atoms with Gasteiger partial charge in [0, 0.05) is 12.8 Å². The number of carbonyl (C=O) groups excluding carboxylic acids is 1. The Kier molecular flexibility index (Phi) is 4.15. The van der Waals surface area contributed by atoms with Gasteiger partial charge in [-0.2, -0.15) is 5.26 Å². The van der Waals surface area contributed by atoms with Gasteiger partial charge in [0.2, 0.25) is 0 Å². The Balaban J connectivity index is 2.08. The number of rotatable bonds is 5. The number of hydrogen-bond donors (Lipinski definition) is 0. The summed E-state index contributed by atoms with van der Waals surface area (Å²) in [6, 6.07) is 13.3. The van der Waals surface area contributed by atoms with E-state index in [0.29, 0.717) is 12.8 Å². The van der Waals surface area contributed by atoms with E-state index in [4.69, 9.17) is 4.42 Å². The van der Waals surface area contributed by atoms with Crippen LogP contribution in [0.25, 0.3) is 0 Å². The van der Waals surface area contributed by atoms with Gasteiger partial charge in [-0.15, -0.1) is 0 Å². The molecule has 2 aromatic rings. The minimum Gasteiger partial charge on any atom is -0.469 e. The zero-order valence-electron chi connectivity index (χ0n) is 10.8. The highest BCUT2D eigenvalue weighted by Crippen LogP contribution is 2.22. The molecule has 1 aromatic heterocycles. The van der Waals surface area contributed by atoms with Crippen LogP contribution in [-0.4, -0.2) is 5.78 Å². The number of Topliss-reactive ketones (excluding diaryl/α,β-unsaturated/α-hetero) is 1. The van der Waals surface area contributed by atoms with Crippen LogP contribution in [0.15, 0.2) is 47.1 Å². The molecule has 0 radical (unpaired) electrons. The van der Waals surface area contributed by atoms with Crippen LogP contribution in [0.2, 0.25) is 0 Å². The molecule has 0 fully saturated rings. The second-order valence-electron chi connectivity index (χ2n) is 4.46. The van der Waals surface area contributed by atoms with Crippen LogP contribution < -0.4 is 0 Å². The fourth-order valence-electron chi connectivity index (χ4n) is 2.07. The van der Waals surface area contributed by atoms with E-state index in [0.717, 1.165) is 16.9 Å². The molecule has 0 aliphatic rings. The van der Waals surface area contributed by atoms with Crippen LogP contribution in [0.1, 0.15) is 29.2 Å². The highest BCUT2D eigenvalue weighted by molar-refractivity contribution is 5.88. The summed E-state index contributed by atoms with van der Waals surface area (Å²) in [4.78, 5) is 12.2. The molecular formula is C16H15NO2. The third kappa shape index (κ3) is 3.11. The molecule has 0 N–H and O–H groups in total. The number of furan rings is 1.